The van der Waals surface area contributed by atoms with E-state index in [2.05, 4.69) is 0 Å². The summed E-state index contributed by atoms with van der Waals surface area (Å²) in [6.45, 7) is -0.235. The van der Waals surface area contributed by atoms with Gasteiger partial charge in [0, 0.05) is 11.3 Å². The summed E-state index contributed by atoms with van der Waals surface area (Å²) < 4.78 is 31.2. The summed E-state index contributed by atoms with van der Waals surface area (Å²) in [6.07, 6.45) is 0. The van der Waals surface area contributed by atoms with Crippen LogP contribution in [0.5, 0.6) is 0 Å². The maximum atomic E-state index is 13.3. The van der Waals surface area contributed by atoms with E-state index in [-0.39, 0.29) is 23.4 Å². The van der Waals surface area contributed by atoms with E-state index in [0.717, 1.165) is 12.1 Å². The Balaban J connectivity index is 2.10. The molecular weight excluding hydrogens is 252 g/mol. The van der Waals surface area contributed by atoms with E-state index in [0.29, 0.717) is 0 Å². The van der Waals surface area contributed by atoms with Crippen LogP contribution in [0.2, 0.25) is 0 Å². The van der Waals surface area contributed by atoms with Crippen LogP contribution >= 0.6 is 0 Å². The zero-order valence-corrected chi connectivity index (χ0v) is 9.90. The lowest BCUT2D eigenvalue weighted by molar-refractivity contribution is 0.0469. The number of esters is 1. The predicted molar refractivity (Wildman–Crippen MR) is 66.3 cm³/mol. The van der Waals surface area contributed by atoms with Crippen LogP contribution in [0.1, 0.15) is 15.9 Å². The van der Waals surface area contributed by atoms with Gasteiger partial charge >= 0.3 is 5.97 Å². The molecule has 0 saturated heterocycles. The van der Waals surface area contributed by atoms with Crippen molar-refractivity contribution >= 4 is 11.7 Å². The monoisotopic (exact) mass is 263 g/mol. The van der Waals surface area contributed by atoms with Crippen LogP contribution < -0.4 is 5.73 Å². The Morgan fingerprint density at radius 3 is 2.63 bits per heavy atom. The van der Waals surface area contributed by atoms with Crippen molar-refractivity contribution in [3.05, 3.63) is 65.2 Å². The standard InChI is InChI=1S/C14H11F2NO2/c15-10-5-6-13(17)11(7-10)14(18)19-8-9-3-1-2-4-12(9)16/h1-7H,8,17H2. The quantitative estimate of drug-likeness (QED) is 0.684. The molecule has 0 bridgehead atoms. The van der Waals surface area contributed by atoms with E-state index < -0.39 is 17.6 Å². The molecule has 5 heteroatoms. The lowest BCUT2D eigenvalue weighted by Crippen LogP contribution is -2.09. The highest BCUT2D eigenvalue weighted by Gasteiger charge is 2.13. The summed E-state index contributed by atoms with van der Waals surface area (Å²) >= 11 is 0. The van der Waals surface area contributed by atoms with Crippen LogP contribution in [0.4, 0.5) is 14.5 Å². The third-order valence-electron chi connectivity index (χ3n) is 2.55. The summed E-state index contributed by atoms with van der Waals surface area (Å²) in [5.41, 5.74) is 5.83. The first-order valence-corrected chi connectivity index (χ1v) is 5.53. The van der Waals surface area contributed by atoms with Crippen molar-refractivity contribution in [2.75, 3.05) is 5.73 Å². The van der Waals surface area contributed by atoms with Crippen molar-refractivity contribution in [2.24, 2.45) is 0 Å². The van der Waals surface area contributed by atoms with Crippen LogP contribution in [-0.2, 0) is 11.3 Å². The van der Waals surface area contributed by atoms with Gasteiger partial charge in [-0.3, -0.25) is 0 Å². The van der Waals surface area contributed by atoms with Gasteiger partial charge in [-0.05, 0) is 24.3 Å². The van der Waals surface area contributed by atoms with Gasteiger partial charge in [0.2, 0.25) is 0 Å². The molecule has 0 spiro atoms. The van der Waals surface area contributed by atoms with E-state index in [9.17, 15) is 13.6 Å². The molecule has 0 unspecified atom stereocenters. The Morgan fingerprint density at radius 1 is 1.16 bits per heavy atom. The highest BCUT2D eigenvalue weighted by atomic mass is 19.1. The van der Waals surface area contributed by atoms with Crippen LogP contribution in [0.15, 0.2) is 42.5 Å². The first-order chi connectivity index (χ1) is 9.08. The van der Waals surface area contributed by atoms with Gasteiger partial charge in [0.05, 0.1) is 5.56 Å². The first kappa shape index (κ1) is 13.0. The van der Waals surface area contributed by atoms with Crippen molar-refractivity contribution in [1.29, 1.82) is 0 Å². The average Bonchev–Trinajstić information content (AvgIpc) is 2.40. The molecule has 0 fully saturated rings. The van der Waals surface area contributed by atoms with Gasteiger partial charge in [-0.25, -0.2) is 13.6 Å². The topological polar surface area (TPSA) is 52.3 Å². The number of carbonyl (C=O) groups excluding carboxylic acids is 1. The second kappa shape index (κ2) is 5.48. The Kier molecular flexibility index (Phi) is 3.75. The third kappa shape index (κ3) is 3.07. The molecule has 0 aliphatic rings. The van der Waals surface area contributed by atoms with E-state index in [4.69, 9.17) is 10.5 Å². The number of hydrogen-bond donors (Lipinski definition) is 1. The number of hydrogen-bond acceptors (Lipinski definition) is 3. The maximum Gasteiger partial charge on any atom is 0.340 e. The lowest BCUT2D eigenvalue weighted by atomic mass is 10.2. The fourth-order valence-electron chi connectivity index (χ4n) is 1.54. The number of rotatable bonds is 3. The molecular formula is C14H11F2NO2. The maximum absolute atomic E-state index is 13.3. The Hall–Kier alpha value is -2.43. The number of benzene rings is 2. The second-order valence-corrected chi connectivity index (χ2v) is 3.90. The van der Waals surface area contributed by atoms with Gasteiger partial charge in [0.1, 0.15) is 18.2 Å². The molecule has 2 aromatic carbocycles. The van der Waals surface area contributed by atoms with Crippen LogP contribution in [-0.4, -0.2) is 5.97 Å². The smallest absolute Gasteiger partial charge is 0.340 e. The lowest BCUT2D eigenvalue weighted by Gasteiger charge is -2.07. The molecule has 98 valence electrons. The van der Waals surface area contributed by atoms with Crippen molar-refractivity contribution in [1.82, 2.24) is 0 Å². The van der Waals surface area contributed by atoms with Crippen LogP contribution in [0.25, 0.3) is 0 Å². The molecule has 0 aromatic heterocycles. The molecule has 19 heavy (non-hydrogen) atoms. The Bertz CT molecular complexity index is 614. The minimum absolute atomic E-state index is 0.0728. The van der Waals surface area contributed by atoms with Crippen LogP contribution in [0, 0.1) is 11.6 Å². The van der Waals surface area contributed by atoms with Crippen molar-refractivity contribution in [3.63, 3.8) is 0 Å². The normalized spacial score (nSPS) is 10.2. The van der Waals surface area contributed by atoms with Gasteiger partial charge in [-0.2, -0.15) is 0 Å². The SMILES string of the molecule is Nc1ccc(F)cc1C(=O)OCc1ccccc1F. The molecule has 0 saturated carbocycles. The van der Waals surface area contributed by atoms with E-state index in [1.54, 1.807) is 6.07 Å². The van der Waals surface area contributed by atoms with Gasteiger partial charge < -0.3 is 10.5 Å². The summed E-state index contributed by atoms with van der Waals surface area (Å²) in [7, 11) is 0. The minimum atomic E-state index is -0.791. The van der Waals surface area contributed by atoms with Crippen molar-refractivity contribution < 1.29 is 18.3 Å². The predicted octanol–water partition coefficient (Wildman–Crippen LogP) is 2.90. The molecule has 0 radical (unpaired) electrons. The molecule has 2 rings (SSSR count). The highest BCUT2D eigenvalue weighted by molar-refractivity contribution is 5.95. The van der Waals surface area contributed by atoms with Crippen molar-refractivity contribution in [3.8, 4) is 0 Å². The van der Waals surface area contributed by atoms with Gasteiger partial charge in [-0.15, -0.1) is 0 Å². The zero-order valence-electron chi connectivity index (χ0n) is 9.90. The molecule has 2 N–H and O–H groups in total. The zero-order chi connectivity index (χ0) is 13.8. The molecule has 0 aliphatic carbocycles. The fourth-order valence-corrected chi connectivity index (χ4v) is 1.54. The Labute approximate surface area is 108 Å². The van der Waals surface area contributed by atoms with E-state index in [1.807, 2.05) is 0 Å². The fraction of sp³-hybridized carbons (Fsp3) is 0.0714. The number of halogens is 2. The second-order valence-electron chi connectivity index (χ2n) is 3.90. The summed E-state index contributed by atoms with van der Waals surface area (Å²) in [5, 5.41) is 0. The molecule has 3 nitrogen and oxygen atoms in total. The molecule has 0 atom stereocenters. The number of nitrogen functional groups attached to an aromatic ring is 1. The summed E-state index contributed by atoms with van der Waals surface area (Å²) in [4.78, 5) is 11.7. The number of carbonyl (C=O) groups is 1. The van der Waals surface area contributed by atoms with Crippen molar-refractivity contribution in [2.45, 2.75) is 6.61 Å². The summed E-state index contributed by atoms with van der Waals surface area (Å²) in [5.74, 6) is -1.85. The van der Waals surface area contributed by atoms with Gasteiger partial charge in [-0.1, -0.05) is 18.2 Å². The summed E-state index contributed by atoms with van der Waals surface area (Å²) in [6, 6.07) is 9.32. The molecule has 2 aromatic rings. The molecule has 0 aliphatic heterocycles. The third-order valence-corrected chi connectivity index (χ3v) is 2.55. The van der Waals surface area contributed by atoms with Gasteiger partial charge in [0.25, 0.3) is 0 Å². The van der Waals surface area contributed by atoms with Gasteiger partial charge in [0.15, 0.2) is 0 Å². The minimum Gasteiger partial charge on any atom is -0.457 e. The molecule has 0 heterocycles. The average molecular weight is 263 g/mol. The Morgan fingerprint density at radius 2 is 1.89 bits per heavy atom. The van der Waals surface area contributed by atoms with E-state index in [1.165, 1.54) is 24.3 Å². The van der Waals surface area contributed by atoms with E-state index >= 15 is 0 Å². The van der Waals surface area contributed by atoms with Crippen LogP contribution in [0.3, 0.4) is 0 Å². The highest BCUT2D eigenvalue weighted by Crippen LogP contribution is 2.16. The number of anilines is 1. The first-order valence-electron chi connectivity index (χ1n) is 5.53. The number of ether oxygens (including phenoxy) is 1. The number of nitrogens with two attached hydrogens (primary N) is 1. The largest absolute Gasteiger partial charge is 0.457 e. The molecule has 0 amide bonds.